The summed E-state index contributed by atoms with van der Waals surface area (Å²) in [6.07, 6.45) is 8.36. The van der Waals surface area contributed by atoms with E-state index in [0.29, 0.717) is 5.92 Å². The van der Waals surface area contributed by atoms with E-state index in [0.717, 1.165) is 35.0 Å². The zero-order valence-electron chi connectivity index (χ0n) is 10.3. The van der Waals surface area contributed by atoms with Gasteiger partial charge >= 0.3 is 11.7 Å². The van der Waals surface area contributed by atoms with Crippen molar-refractivity contribution in [2.24, 2.45) is 5.92 Å². The van der Waals surface area contributed by atoms with Crippen molar-refractivity contribution < 1.29 is 9.90 Å². The molecular weight excluding hydrogens is 232 g/mol. The van der Waals surface area contributed by atoms with Crippen molar-refractivity contribution in [3.8, 4) is 0 Å². The maximum Gasteiger partial charge on any atom is 0.348 e. The maximum atomic E-state index is 11.4. The van der Waals surface area contributed by atoms with Crippen molar-refractivity contribution in [2.75, 3.05) is 0 Å². The van der Waals surface area contributed by atoms with Gasteiger partial charge in [-0.15, -0.1) is 0 Å². The maximum absolute atomic E-state index is 11.4. The highest BCUT2D eigenvalue weighted by molar-refractivity contribution is 5.67. The predicted octanol–water partition coefficient (Wildman–Crippen LogP) is 1.53. The molecular formula is C13H16N2O3. The van der Waals surface area contributed by atoms with Gasteiger partial charge in [0, 0.05) is 18.0 Å². The number of nitrogens with zero attached hydrogens (tertiary/aromatic N) is 2. The summed E-state index contributed by atoms with van der Waals surface area (Å²) in [4.78, 5) is 25.8. The Balaban J connectivity index is 2.29. The Hall–Kier alpha value is -1.91. The lowest BCUT2D eigenvalue weighted by molar-refractivity contribution is -0.137. The first-order valence-electron chi connectivity index (χ1n) is 6.04. The summed E-state index contributed by atoms with van der Waals surface area (Å²) in [5.74, 6) is -0.353. The van der Waals surface area contributed by atoms with Crippen LogP contribution < -0.4 is 5.69 Å². The van der Waals surface area contributed by atoms with Crippen molar-refractivity contribution in [1.82, 2.24) is 9.55 Å². The standard InChI is InChI=1S/C13H16N2O3/c1-9-2-4-10(5-3-9)11-6-14-13(18)15(7-11)8-12(16)17/h4,6-7,9H,2-3,5,8H2,1H3,(H,16,17). The van der Waals surface area contributed by atoms with Crippen molar-refractivity contribution in [1.29, 1.82) is 0 Å². The second-order valence-electron chi connectivity index (χ2n) is 4.76. The van der Waals surface area contributed by atoms with Crippen LogP contribution in [0.25, 0.3) is 5.57 Å². The van der Waals surface area contributed by atoms with Crippen LogP contribution in [0.1, 0.15) is 31.7 Å². The molecule has 1 aromatic rings. The Kier molecular flexibility index (Phi) is 3.60. The minimum absolute atomic E-state index is 0.344. The molecule has 2 rings (SSSR count). The van der Waals surface area contributed by atoms with E-state index in [1.807, 2.05) is 0 Å². The average Bonchev–Trinajstić information content (AvgIpc) is 2.32. The third-order valence-corrected chi connectivity index (χ3v) is 3.20. The van der Waals surface area contributed by atoms with Crippen LogP contribution in [0.3, 0.4) is 0 Å². The van der Waals surface area contributed by atoms with E-state index in [-0.39, 0.29) is 6.54 Å². The van der Waals surface area contributed by atoms with Crippen molar-refractivity contribution >= 4 is 11.5 Å². The van der Waals surface area contributed by atoms with E-state index in [1.54, 1.807) is 6.20 Å². The highest BCUT2D eigenvalue weighted by Gasteiger charge is 2.13. The molecule has 1 aliphatic carbocycles. The second kappa shape index (κ2) is 5.16. The molecule has 1 N–H and O–H groups in total. The molecule has 0 fully saturated rings. The predicted molar refractivity (Wildman–Crippen MR) is 67.1 cm³/mol. The molecule has 1 unspecified atom stereocenters. The molecule has 0 radical (unpaired) electrons. The summed E-state index contributed by atoms with van der Waals surface area (Å²) in [6, 6.07) is 0. The van der Waals surface area contributed by atoms with Crippen LogP contribution in [0.2, 0.25) is 0 Å². The molecule has 1 aromatic heterocycles. The number of carbonyl (C=O) groups is 1. The highest BCUT2D eigenvalue weighted by atomic mass is 16.4. The number of carboxylic acid groups (broad SMARTS) is 1. The second-order valence-corrected chi connectivity index (χ2v) is 4.76. The third-order valence-electron chi connectivity index (χ3n) is 3.20. The quantitative estimate of drug-likeness (QED) is 0.880. The number of aliphatic carboxylic acids is 1. The molecule has 0 amide bonds. The molecule has 0 spiro atoms. The van der Waals surface area contributed by atoms with Crippen LogP contribution in [0.4, 0.5) is 0 Å². The number of aromatic nitrogens is 2. The van der Waals surface area contributed by atoms with E-state index in [2.05, 4.69) is 18.0 Å². The summed E-state index contributed by atoms with van der Waals surface area (Å²) in [5.41, 5.74) is 1.48. The summed E-state index contributed by atoms with van der Waals surface area (Å²) in [5, 5.41) is 8.73. The summed E-state index contributed by atoms with van der Waals surface area (Å²) < 4.78 is 1.14. The average molecular weight is 248 g/mol. The fraction of sp³-hybridized carbons (Fsp3) is 0.462. The monoisotopic (exact) mass is 248 g/mol. The van der Waals surface area contributed by atoms with Crippen molar-refractivity contribution in [3.63, 3.8) is 0 Å². The van der Waals surface area contributed by atoms with Gasteiger partial charge in [-0.3, -0.25) is 9.36 Å². The van der Waals surface area contributed by atoms with Crippen molar-refractivity contribution in [3.05, 3.63) is 34.5 Å². The van der Waals surface area contributed by atoms with Gasteiger partial charge in [0.2, 0.25) is 0 Å². The largest absolute Gasteiger partial charge is 0.480 e. The molecule has 1 aliphatic rings. The van der Waals surface area contributed by atoms with Crippen LogP contribution in [0, 0.1) is 5.92 Å². The van der Waals surface area contributed by atoms with Gasteiger partial charge in [0.05, 0.1) is 0 Å². The van der Waals surface area contributed by atoms with E-state index in [1.165, 1.54) is 6.20 Å². The van der Waals surface area contributed by atoms with Gasteiger partial charge in [-0.05, 0) is 30.8 Å². The number of rotatable bonds is 3. The molecule has 0 saturated heterocycles. The fourth-order valence-electron chi connectivity index (χ4n) is 2.11. The molecule has 0 saturated carbocycles. The van der Waals surface area contributed by atoms with Crippen LogP contribution in [-0.2, 0) is 11.3 Å². The molecule has 0 aromatic carbocycles. The van der Waals surface area contributed by atoms with Crippen LogP contribution in [0.15, 0.2) is 23.3 Å². The molecule has 0 bridgehead atoms. The molecule has 18 heavy (non-hydrogen) atoms. The summed E-state index contributed by atoms with van der Waals surface area (Å²) in [6.45, 7) is 1.86. The summed E-state index contributed by atoms with van der Waals surface area (Å²) >= 11 is 0. The Labute approximate surface area is 105 Å². The Bertz CT molecular complexity index is 545. The summed E-state index contributed by atoms with van der Waals surface area (Å²) in [7, 11) is 0. The molecule has 1 atom stereocenters. The zero-order chi connectivity index (χ0) is 13.1. The Morgan fingerprint density at radius 1 is 1.61 bits per heavy atom. The molecule has 5 heteroatoms. The SMILES string of the molecule is CC1CC=C(c2cnc(=O)n(CC(=O)O)c2)CC1. The fourth-order valence-corrected chi connectivity index (χ4v) is 2.11. The number of hydrogen-bond acceptors (Lipinski definition) is 3. The van der Waals surface area contributed by atoms with Gasteiger partial charge in [-0.25, -0.2) is 9.78 Å². The highest BCUT2D eigenvalue weighted by Crippen LogP contribution is 2.28. The van der Waals surface area contributed by atoms with Crippen LogP contribution >= 0.6 is 0 Å². The van der Waals surface area contributed by atoms with E-state index in [9.17, 15) is 9.59 Å². The van der Waals surface area contributed by atoms with E-state index < -0.39 is 11.7 Å². The minimum Gasteiger partial charge on any atom is -0.480 e. The minimum atomic E-state index is -1.04. The first-order valence-corrected chi connectivity index (χ1v) is 6.04. The molecule has 5 nitrogen and oxygen atoms in total. The van der Waals surface area contributed by atoms with Crippen LogP contribution in [-0.4, -0.2) is 20.6 Å². The lowest BCUT2D eigenvalue weighted by Gasteiger charge is -2.18. The van der Waals surface area contributed by atoms with Gasteiger partial charge in [-0.2, -0.15) is 0 Å². The number of hydrogen-bond donors (Lipinski definition) is 1. The molecule has 1 heterocycles. The van der Waals surface area contributed by atoms with Gasteiger partial charge in [0.15, 0.2) is 0 Å². The van der Waals surface area contributed by atoms with Crippen LogP contribution in [0.5, 0.6) is 0 Å². The zero-order valence-corrected chi connectivity index (χ0v) is 10.3. The van der Waals surface area contributed by atoms with Crippen molar-refractivity contribution in [2.45, 2.75) is 32.7 Å². The van der Waals surface area contributed by atoms with E-state index in [4.69, 9.17) is 5.11 Å². The number of carboxylic acids is 1. The smallest absolute Gasteiger partial charge is 0.348 e. The first-order chi connectivity index (χ1) is 8.56. The number of allylic oxidation sites excluding steroid dienone is 2. The van der Waals surface area contributed by atoms with Gasteiger partial charge in [0.1, 0.15) is 6.54 Å². The first kappa shape index (κ1) is 12.5. The normalized spacial score (nSPS) is 19.4. The Morgan fingerprint density at radius 2 is 2.39 bits per heavy atom. The molecule has 0 aliphatic heterocycles. The van der Waals surface area contributed by atoms with Gasteiger partial charge in [0.25, 0.3) is 0 Å². The third kappa shape index (κ3) is 2.85. The van der Waals surface area contributed by atoms with Gasteiger partial charge in [-0.1, -0.05) is 13.0 Å². The van der Waals surface area contributed by atoms with E-state index >= 15 is 0 Å². The van der Waals surface area contributed by atoms with Gasteiger partial charge < -0.3 is 5.11 Å². The molecule has 96 valence electrons. The Morgan fingerprint density at radius 3 is 3.00 bits per heavy atom. The lowest BCUT2D eigenvalue weighted by atomic mass is 9.89. The topological polar surface area (TPSA) is 72.2 Å². The lowest BCUT2D eigenvalue weighted by Crippen LogP contribution is -2.26.